The number of rotatable bonds is 3. The molecule has 0 spiro atoms. The highest BCUT2D eigenvalue weighted by Gasteiger charge is 2.14. The summed E-state index contributed by atoms with van der Waals surface area (Å²) in [6.45, 7) is 1.92. The van der Waals surface area contributed by atoms with Gasteiger partial charge in [0.15, 0.2) is 0 Å². The minimum atomic E-state index is -0.638. The Kier molecular flexibility index (Phi) is 3.08. The molecule has 0 unspecified atom stereocenters. The standard InChI is InChI=1S/C10H9FN4O2/c1-2-17-10(16)9-12-14-15(13-9)8-5-3-7(11)4-6-8/h3-6H,2H2,1H3. The third kappa shape index (κ3) is 2.44. The molecule has 0 N–H and O–H groups in total. The largest absolute Gasteiger partial charge is 0.460 e. The molecule has 0 radical (unpaired) electrons. The van der Waals surface area contributed by atoms with E-state index in [1.165, 1.54) is 24.3 Å². The lowest BCUT2D eigenvalue weighted by atomic mass is 10.3. The Labute approximate surface area is 96.0 Å². The molecule has 0 aliphatic carbocycles. The zero-order chi connectivity index (χ0) is 12.3. The summed E-state index contributed by atoms with van der Waals surface area (Å²) in [6.07, 6.45) is 0. The maximum atomic E-state index is 12.7. The molecule has 0 bridgehead atoms. The number of tetrazole rings is 1. The minimum absolute atomic E-state index is 0.129. The van der Waals surface area contributed by atoms with Crippen LogP contribution >= 0.6 is 0 Å². The van der Waals surface area contributed by atoms with Gasteiger partial charge in [-0.05, 0) is 36.4 Å². The van der Waals surface area contributed by atoms with Crippen LogP contribution in [0.3, 0.4) is 0 Å². The number of carbonyl (C=O) groups is 1. The normalized spacial score (nSPS) is 10.2. The highest BCUT2D eigenvalue weighted by Crippen LogP contribution is 2.06. The van der Waals surface area contributed by atoms with Gasteiger partial charge in [0.1, 0.15) is 5.82 Å². The Balaban J connectivity index is 2.23. The van der Waals surface area contributed by atoms with Crippen molar-refractivity contribution in [3.05, 3.63) is 35.9 Å². The van der Waals surface area contributed by atoms with Crippen molar-refractivity contribution in [3.63, 3.8) is 0 Å². The third-order valence-corrected chi connectivity index (χ3v) is 1.93. The first-order valence-corrected chi connectivity index (χ1v) is 4.94. The molecule has 7 heteroatoms. The van der Waals surface area contributed by atoms with Crippen LogP contribution in [-0.2, 0) is 4.74 Å². The summed E-state index contributed by atoms with van der Waals surface area (Å²) in [7, 11) is 0. The Morgan fingerprint density at radius 3 is 2.76 bits per heavy atom. The van der Waals surface area contributed by atoms with Crippen molar-refractivity contribution in [3.8, 4) is 5.69 Å². The van der Waals surface area contributed by atoms with Crippen LogP contribution in [0.25, 0.3) is 5.69 Å². The van der Waals surface area contributed by atoms with Crippen LogP contribution in [0.5, 0.6) is 0 Å². The number of hydrogen-bond acceptors (Lipinski definition) is 5. The molecule has 0 aliphatic heterocycles. The topological polar surface area (TPSA) is 69.9 Å². The quantitative estimate of drug-likeness (QED) is 0.743. The van der Waals surface area contributed by atoms with E-state index < -0.39 is 5.97 Å². The molecular formula is C10H9FN4O2. The number of aromatic nitrogens is 4. The first-order chi connectivity index (χ1) is 8.20. The Morgan fingerprint density at radius 2 is 2.12 bits per heavy atom. The second-order valence-electron chi connectivity index (χ2n) is 3.10. The zero-order valence-electron chi connectivity index (χ0n) is 9.00. The van der Waals surface area contributed by atoms with Crippen LogP contribution in [0.15, 0.2) is 24.3 Å². The number of nitrogens with zero attached hydrogens (tertiary/aromatic N) is 4. The summed E-state index contributed by atoms with van der Waals surface area (Å²) >= 11 is 0. The van der Waals surface area contributed by atoms with Gasteiger partial charge in [-0.2, -0.15) is 0 Å². The van der Waals surface area contributed by atoms with Gasteiger partial charge in [-0.25, -0.2) is 9.18 Å². The smallest absolute Gasteiger partial charge is 0.380 e. The van der Waals surface area contributed by atoms with Gasteiger partial charge in [0.2, 0.25) is 0 Å². The van der Waals surface area contributed by atoms with E-state index in [1.807, 2.05) is 0 Å². The van der Waals surface area contributed by atoms with Gasteiger partial charge < -0.3 is 4.74 Å². The fourth-order valence-corrected chi connectivity index (χ4v) is 1.18. The van der Waals surface area contributed by atoms with Crippen molar-refractivity contribution in [2.75, 3.05) is 6.61 Å². The van der Waals surface area contributed by atoms with Crippen molar-refractivity contribution >= 4 is 5.97 Å². The van der Waals surface area contributed by atoms with Crippen molar-refractivity contribution in [1.29, 1.82) is 0 Å². The molecule has 0 saturated heterocycles. The average Bonchev–Trinajstić information content (AvgIpc) is 2.80. The van der Waals surface area contributed by atoms with E-state index in [2.05, 4.69) is 15.4 Å². The van der Waals surface area contributed by atoms with Gasteiger partial charge in [-0.3, -0.25) is 0 Å². The molecular weight excluding hydrogens is 227 g/mol. The molecule has 1 heterocycles. The lowest BCUT2D eigenvalue weighted by Gasteiger charge is -1.97. The van der Waals surface area contributed by atoms with Gasteiger partial charge in [0.25, 0.3) is 5.82 Å². The molecule has 0 saturated carbocycles. The molecule has 1 aromatic heterocycles. The summed E-state index contributed by atoms with van der Waals surface area (Å²) < 4.78 is 17.4. The van der Waals surface area contributed by atoms with Crippen molar-refractivity contribution < 1.29 is 13.9 Å². The molecule has 0 atom stereocenters. The van der Waals surface area contributed by atoms with Gasteiger partial charge in [0, 0.05) is 0 Å². The monoisotopic (exact) mass is 236 g/mol. The fourth-order valence-electron chi connectivity index (χ4n) is 1.18. The van der Waals surface area contributed by atoms with E-state index >= 15 is 0 Å². The summed E-state index contributed by atoms with van der Waals surface area (Å²) in [4.78, 5) is 12.4. The molecule has 0 aliphatic rings. The highest BCUT2D eigenvalue weighted by atomic mass is 19.1. The Bertz CT molecular complexity index is 523. The summed E-state index contributed by atoms with van der Waals surface area (Å²) in [5, 5.41) is 11.0. The minimum Gasteiger partial charge on any atom is -0.460 e. The molecule has 0 fully saturated rings. The molecule has 2 aromatic rings. The van der Waals surface area contributed by atoms with E-state index in [0.29, 0.717) is 5.69 Å². The zero-order valence-corrected chi connectivity index (χ0v) is 9.00. The molecule has 6 nitrogen and oxygen atoms in total. The van der Waals surface area contributed by atoms with Gasteiger partial charge in [0.05, 0.1) is 12.3 Å². The molecule has 0 amide bonds. The van der Waals surface area contributed by atoms with Crippen molar-refractivity contribution in [1.82, 2.24) is 20.2 Å². The fraction of sp³-hybridized carbons (Fsp3) is 0.200. The molecule has 17 heavy (non-hydrogen) atoms. The maximum Gasteiger partial charge on any atom is 0.380 e. The third-order valence-electron chi connectivity index (χ3n) is 1.93. The van der Waals surface area contributed by atoms with Gasteiger partial charge in [-0.15, -0.1) is 15.0 Å². The molecule has 1 aromatic carbocycles. The lowest BCUT2D eigenvalue weighted by molar-refractivity contribution is 0.0512. The van der Waals surface area contributed by atoms with E-state index in [-0.39, 0.29) is 18.2 Å². The van der Waals surface area contributed by atoms with Gasteiger partial charge in [-0.1, -0.05) is 0 Å². The number of hydrogen-bond donors (Lipinski definition) is 0. The van der Waals surface area contributed by atoms with E-state index in [4.69, 9.17) is 4.74 Å². The van der Waals surface area contributed by atoms with E-state index in [0.717, 1.165) is 4.80 Å². The SMILES string of the molecule is CCOC(=O)c1nnn(-c2ccc(F)cc2)n1. The summed E-state index contributed by atoms with van der Waals surface area (Å²) in [5.74, 6) is -1.13. The molecule has 88 valence electrons. The maximum absolute atomic E-state index is 12.7. The second-order valence-corrected chi connectivity index (χ2v) is 3.10. The van der Waals surface area contributed by atoms with Crippen LogP contribution in [0.4, 0.5) is 4.39 Å². The number of benzene rings is 1. The van der Waals surface area contributed by atoms with Crippen LogP contribution in [0, 0.1) is 5.82 Å². The number of ether oxygens (including phenoxy) is 1. The lowest BCUT2D eigenvalue weighted by Crippen LogP contribution is -2.07. The first kappa shape index (κ1) is 11.2. The number of carbonyl (C=O) groups excluding carboxylic acids is 1. The number of esters is 1. The summed E-state index contributed by atoms with van der Waals surface area (Å²) in [6, 6.07) is 5.49. The van der Waals surface area contributed by atoms with Crippen LogP contribution < -0.4 is 0 Å². The van der Waals surface area contributed by atoms with Crippen molar-refractivity contribution in [2.45, 2.75) is 6.92 Å². The predicted molar refractivity (Wildman–Crippen MR) is 55.1 cm³/mol. The first-order valence-electron chi connectivity index (χ1n) is 4.94. The van der Waals surface area contributed by atoms with E-state index in [9.17, 15) is 9.18 Å². The Morgan fingerprint density at radius 1 is 1.41 bits per heavy atom. The highest BCUT2D eigenvalue weighted by molar-refractivity contribution is 5.84. The molecule has 2 rings (SSSR count). The Hall–Kier alpha value is -2.31. The van der Waals surface area contributed by atoms with Crippen LogP contribution in [-0.4, -0.2) is 32.8 Å². The van der Waals surface area contributed by atoms with Crippen LogP contribution in [0.1, 0.15) is 17.5 Å². The predicted octanol–water partition coefficient (Wildman–Crippen LogP) is 0.978. The van der Waals surface area contributed by atoms with E-state index in [1.54, 1.807) is 6.92 Å². The van der Waals surface area contributed by atoms with Gasteiger partial charge >= 0.3 is 5.97 Å². The van der Waals surface area contributed by atoms with Crippen LogP contribution in [0.2, 0.25) is 0 Å². The average molecular weight is 236 g/mol. The number of halogens is 1. The second kappa shape index (κ2) is 4.69. The summed E-state index contributed by atoms with van der Waals surface area (Å²) in [5.41, 5.74) is 0.509. The van der Waals surface area contributed by atoms with Crippen molar-refractivity contribution in [2.24, 2.45) is 0 Å².